The highest BCUT2D eigenvalue weighted by atomic mass is 19.1. The second-order valence-electron chi connectivity index (χ2n) is 6.83. The van der Waals surface area contributed by atoms with Gasteiger partial charge in [-0.25, -0.2) is 9.37 Å². The molecule has 0 unspecified atom stereocenters. The topological polar surface area (TPSA) is 54.5 Å². The van der Waals surface area contributed by atoms with Crippen LogP contribution >= 0.6 is 0 Å². The summed E-state index contributed by atoms with van der Waals surface area (Å²) in [6.07, 6.45) is 0.991. The second-order valence-corrected chi connectivity index (χ2v) is 6.83. The first-order valence-electron chi connectivity index (χ1n) is 9.46. The monoisotopic (exact) mass is 379 g/mol. The van der Waals surface area contributed by atoms with Gasteiger partial charge in [-0.1, -0.05) is 30.3 Å². The molecule has 1 fully saturated rings. The average Bonchev–Trinajstić information content (AvgIpc) is 2.73. The zero-order valence-electron chi connectivity index (χ0n) is 15.5. The van der Waals surface area contributed by atoms with Crippen LogP contribution in [-0.4, -0.2) is 37.2 Å². The molecule has 144 valence electrons. The molecular weight excluding hydrogens is 357 g/mol. The maximum absolute atomic E-state index is 14.6. The van der Waals surface area contributed by atoms with Gasteiger partial charge in [0, 0.05) is 30.6 Å². The zero-order chi connectivity index (χ0) is 19.3. The highest BCUT2D eigenvalue weighted by molar-refractivity contribution is 5.94. The fourth-order valence-corrected chi connectivity index (χ4v) is 3.35. The van der Waals surface area contributed by atoms with E-state index in [0.717, 1.165) is 24.5 Å². The molecular formula is C22H22FN3O2. The van der Waals surface area contributed by atoms with Crippen LogP contribution in [0.25, 0.3) is 10.9 Å². The summed E-state index contributed by atoms with van der Waals surface area (Å²) in [5.41, 5.74) is 1.86. The number of halogens is 1. The number of carbonyl (C=O) groups excluding carboxylic acids is 1. The lowest BCUT2D eigenvalue weighted by Crippen LogP contribution is -2.36. The fourth-order valence-electron chi connectivity index (χ4n) is 3.35. The molecule has 0 bridgehead atoms. The van der Waals surface area contributed by atoms with Crippen LogP contribution in [0.5, 0.6) is 0 Å². The van der Waals surface area contributed by atoms with Crippen molar-refractivity contribution in [3.8, 4) is 0 Å². The van der Waals surface area contributed by atoms with Gasteiger partial charge < -0.3 is 15.0 Å². The van der Waals surface area contributed by atoms with E-state index in [1.165, 1.54) is 6.07 Å². The summed E-state index contributed by atoms with van der Waals surface area (Å²) < 4.78 is 20.0. The van der Waals surface area contributed by atoms with E-state index in [0.29, 0.717) is 42.6 Å². The lowest BCUT2D eigenvalue weighted by atomic mass is 10.1. The van der Waals surface area contributed by atoms with Crippen molar-refractivity contribution >= 4 is 28.3 Å². The minimum absolute atomic E-state index is 0.138. The Morgan fingerprint density at radius 1 is 1.11 bits per heavy atom. The van der Waals surface area contributed by atoms with Gasteiger partial charge in [0.25, 0.3) is 0 Å². The van der Waals surface area contributed by atoms with Gasteiger partial charge in [0.1, 0.15) is 11.3 Å². The van der Waals surface area contributed by atoms with Crippen LogP contribution in [0.1, 0.15) is 12.0 Å². The second kappa shape index (κ2) is 8.35. The van der Waals surface area contributed by atoms with E-state index < -0.39 is 5.82 Å². The number of pyridine rings is 1. The number of aromatic nitrogens is 1. The average molecular weight is 379 g/mol. The van der Waals surface area contributed by atoms with Gasteiger partial charge >= 0.3 is 0 Å². The summed E-state index contributed by atoms with van der Waals surface area (Å²) in [6.45, 7) is 2.79. The largest absolute Gasteiger partial charge is 0.378 e. The van der Waals surface area contributed by atoms with Gasteiger partial charge in [-0.3, -0.25) is 4.79 Å². The number of fused-ring (bicyclic) bond motifs is 1. The molecule has 1 amide bonds. The number of aryl methyl sites for hydroxylation is 1. The van der Waals surface area contributed by atoms with Crippen LogP contribution in [0, 0.1) is 5.82 Å². The smallest absolute Gasteiger partial charge is 0.224 e. The highest BCUT2D eigenvalue weighted by Crippen LogP contribution is 2.25. The Labute approximate surface area is 163 Å². The van der Waals surface area contributed by atoms with Crippen molar-refractivity contribution in [2.75, 3.05) is 36.5 Å². The van der Waals surface area contributed by atoms with Gasteiger partial charge in [-0.2, -0.15) is 0 Å². The number of ether oxygens (including phenoxy) is 1. The maximum atomic E-state index is 14.6. The van der Waals surface area contributed by atoms with E-state index in [1.807, 2.05) is 42.5 Å². The molecule has 4 rings (SSSR count). The first kappa shape index (κ1) is 18.4. The Morgan fingerprint density at radius 2 is 1.89 bits per heavy atom. The van der Waals surface area contributed by atoms with E-state index in [2.05, 4.69) is 15.2 Å². The van der Waals surface area contributed by atoms with Crippen molar-refractivity contribution in [2.24, 2.45) is 0 Å². The molecule has 1 aliphatic heterocycles. The molecule has 0 aliphatic carbocycles. The van der Waals surface area contributed by atoms with Crippen molar-refractivity contribution in [3.63, 3.8) is 0 Å². The number of nitrogens with one attached hydrogen (secondary N) is 1. The van der Waals surface area contributed by atoms with Crippen molar-refractivity contribution < 1.29 is 13.9 Å². The Hall–Kier alpha value is -2.99. The molecule has 1 aliphatic rings. The third kappa shape index (κ3) is 4.28. The van der Waals surface area contributed by atoms with Gasteiger partial charge in [0.15, 0.2) is 5.82 Å². The number of amides is 1. The number of carbonyl (C=O) groups is 1. The van der Waals surface area contributed by atoms with Gasteiger partial charge in [0.2, 0.25) is 5.91 Å². The van der Waals surface area contributed by atoms with E-state index in [9.17, 15) is 9.18 Å². The Morgan fingerprint density at radius 3 is 2.68 bits per heavy atom. The van der Waals surface area contributed by atoms with Crippen LogP contribution < -0.4 is 10.2 Å². The molecule has 6 heteroatoms. The summed E-state index contributed by atoms with van der Waals surface area (Å²) in [4.78, 5) is 18.8. The van der Waals surface area contributed by atoms with Crippen molar-refractivity contribution in [1.82, 2.24) is 4.98 Å². The molecule has 0 saturated carbocycles. The van der Waals surface area contributed by atoms with E-state index in [1.54, 1.807) is 6.07 Å². The molecule has 0 radical (unpaired) electrons. The predicted molar refractivity (Wildman–Crippen MR) is 108 cm³/mol. The first-order valence-corrected chi connectivity index (χ1v) is 9.46. The molecule has 28 heavy (non-hydrogen) atoms. The number of hydrogen-bond donors (Lipinski definition) is 1. The quantitative estimate of drug-likeness (QED) is 0.733. The number of anilines is 2. The van der Waals surface area contributed by atoms with Crippen LogP contribution in [0.2, 0.25) is 0 Å². The fraction of sp³-hybridized carbons (Fsp3) is 0.273. The van der Waals surface area contributed by atoms with Crippen LogP contribution in [-0.2, 0) is 16.0 Å². The zero-order valence-corrected chi connectivity index (χ0v) is 15.5. The van der Waals surface area contributed by atoms with Gasteiger partial charge in [0.05, 0.1) is 13.2 Å². The van der Waals surface area contributed by atoms with Crippen molar-refractivity contribution in [1.29, 1.82) is 0 Å². The SMILES string of the molecule is O=C(CCc1ccccc1)Nc1cc(F)c2nc(N3CCOCC3)ccc2c1. The molecule has 3 aromatic rings. The minimum atomic E-state index is -0.439. The van der Waals surface area contributed by atoms with Gasteiger partial charge in [-0.05, 0) is 36.2 Å². The molecule has 1 N–H and O–H groups in total. The molecule has 1 saturated heterocycles. The molecule has 2 aromatic carbocycles. The molecule has 2 heterocycles. The maximum Gasteiger partial charge on any atom is 0.224 e. The lowest BCUT2D eigenvalue weighted by molar-refractivity contribution is -0.116. The van der Waals surface area contributed by atoms with Crippen molar-refractivity contribution in [3.05, 3.63) is 66.0 Å². The number of hydrogen-bond acceptors (Lipinski definition) is 4. The number of rotatable bonds is 5. The minimum Gasteiger partial charge on any atom is -0.378 e. The third-order valence-electron chi connectivity index (χ3n) is 4.83. The summed E-state index contributed by atoms with van der Waals surface area (Å²) in [7, 11) is 0. The van der Waals surface area contributed by atoms with Crippen LogP contribution in [0.15, 0.2) is 54.6 Å². The lowest BCUT2D eigenvalue weighted by Gasteiger charge is -2.28. The summed E-state index contributed by atoms with van der Waals surface area (Å²) in [6, 6.07) is 16.6. The molecule has 0 spiro atoms. The van der Waals surface area contributed by atoms with E-state index >= 15 is 0 Å². The molecule has 5 nitrogen and oxygen atoms in total. The Bertz CT molecular complexity index is 972. The third-order valence-corrected chi connectivity index (χ3v) is 4.83. The van der Waals surface area contributed by atoms with Crippen LogP contribution in [0.3, 0.4) is 0 Å². The summed E-state index contributed by atoms with van der Waals surface area (Å²) >= 11 is 0. The highest BCUT2D eigenvalue weighted by Gasteiger charge is 2.15. The molecule has 0 atom stereocenters. The van der Waals surface area contributed by atoms with Crippen LogP contribution in [0.4, 0.5) is 15.9 Å². The standard InChI is InChI=1S/C22H22FN3O2/c23-19-15-18(24-21(27)9-6-16-4-2-1-3-5-16)14-17-7-8-20(25-22(17)19)26-10-12-28-13-11-26/h1-5,7-8,14-15H,6,9-13H2,(H,24,27). The predicted octanol–water partition coefficient (Wildman–Crippen LogP) is 3.78. The normalized spacial score (nSPS) is 14.2. The Kier molecular flexibility index (Phi) is 5.48. The summed E-state index contributed by atoms with van der Waals surface area (Å²) in [5.74, 6) is 0.167. The Balaban J connectivity index is 1.46. The number of nitrogens with zero attached hydrogens (tertiary/aromatic N) is 2. The van der Waals surface area contributed by atoms with Gasteiger partial charge in [-0.15, -0.1) is 0 Å². The number of benzene rings is 2. The van der Waals surface area contributed by atoms with E-state index in [4.69, 9.17) is 4.74 Å². The van der Waals surface area contributed by atoms with Crippen molar-refractivity contribution in [2.45, 2.75) is 12.8 Å². The first-order chi connectivity index (χ1) is 13.7. The summed E-state index contributed by atoms with van der Waals surface area (Å²) in [5, 5.41) is 3.45. The molecule has 1 aromatic heterocycles. The number of morpholine rings is 1. The van der Waals surface area contributed by atoms with E-state index in [-0.39, 0.29) is 5.91 Å².